The largest absolute Gasteiger partial charge is 0.306 e. The van der Waals surface area contributed by atoms with E-state index in [2.05, 4.69) is 49.7 Å². The van der Waals surface area contributed by atoms with E-state index >= 15 is 0 Å². The summed E-state index contributed by atoms with van der Waals surface area (Å²) < 4.78 is 3.19. The fourth-order valence-electron chi connectivity index (χ4n) is 2.60. The Balaban J connectivity index is 1.81. The summed E-state index contributed by atoms with van der Waals surface area (Å²) in [4.78, 5) is 7.07. The van der Waals surface area contributed by atoms with Crippen LogP contribution in [0.2, 0.25) is 0 Å². The van der Waals surface area contributed by atoms with Crippen molar-refractivity contribution in [2.75, 3.05) is 20.1 Å². The smallest absolute Gasteiger partial charge is 0.137 e. The number of fused-ring (bicyclic) bond motifs is 1. The van der Waals surface area contributed by atoms with E-state index in [4.69, 9.17) is 0 Å². The van der Waals surface area contributed by atoms with Gasteiger partial charge in [-0.1, -0.05) is 0 Å². The zero-order chi connectivity index (χ0) is 11.8. The summed E-state index contributed by atoms with van der Waals surface area (Å²) in [5, 5.41) is 0. The van der Waals surface area contributed by atoms with Crippen LogP contribution in [-0.2, 0) is 6.42 Å². The third-order valence-electron chi connectivity index (χ3n) is 3.45. The maximum atomic E-state index is 4.67. The Kier molecular flexibility index (Phi) is 2.92. The number of hydrogen-bond donors (Lipinski definition) is 0. The number of halogens is 1. The van der Waals surface area contributed by atoms with Crippen LogP contribution in [0.3, 0.4) is 0 Å². The van der Waals surface area contributed by atoms with E-state index in [1.807, 2.05) is 12.1 Å². The summed E-state index contributed by atoms with van der Waals surface area (Å²) in [6.07, 6.45) is 6.61. The maximum Gasteiger partial charge on any atom is 0.137 e. The molecule has 0 amide bonds. The minimum absolute atomic E-state index is 0.772. The van der Waals surface area contributed by atoms with Gasteiger partial charge in [0, 0.05) is 23.4 Å². The predicted octanol–water partition coefficient (Wildman–Crippen LogP) is 2.59. The maximum absolute atomic E-state index is 4.67. The van der Waals surface area contributed by atoms with Crippen LogP contribution in [0.1, 0.15) is 12.1 Å². The normalized spacial score (nSPS) is 21.4. The van der Waals surface area contributed by atoms with Crippen LogP contribution in [0, 0.1) is 5.92 Å². The molecular weight excluding hydrogens is 278 g/mol. The van der Waals surface area contributed by atoms with Gasteiger partial charge in [-0.3, -0.25) is 0 Å². The third-order valence-corrected chi connectivity index (χ3v) is 3.92. The van der Waals surface area contributed by atoms with Crippen LogP contribution >= 0.6 is 15.9 Å². The molecule has 1 aliphatic rings. The fourth-order valence-corrected chi connectivity index (χ4v) is 2.96. The van der Waals surface area contributed by atoms with Gasteiger partial charge >= 0.3 is 0 Å². The SMILES string of the molecule is CN1CCC(Cc2cn3cc(Br)ccc3n2)C1. The first-order chi connectivity index (χ1) is 8.20. The lowest BCUT2D eigenvalue weighted by Gasteiger charge is -2.07. The summed E-state index contributed by atoms with van der Waals surface area (Å²) in [6.45, 7) is 2.43. The molecule has 2 aromatic rings. The second kappa shape index (κ2) is 4.42. The average molecular weight is 294 g/mol. The van der Waals surface area contributed by atoms with Gasteiger partial charge in [-0.05, 0) is 60.4 Å². The van der Waals surface area contributed by atoms with Crippen LogP contribution < -0.4 is 0 Å². The lowest BCUT2D eigenvalue weighted by atomic mass is 10.0. The molecule has 1 unspecified atom stereocenters. The van der Waals surface area contributed by atoms with Crippen LogP contribution in [0.25, 0.3) is 5.65 Å². The van der Waals surface area contributed by atoms with Gasteiger partial charge in [0.15, 0.2) is 0 Å². The second-order valence-electron chi connectivity index (χ2n) is 4.97. The molecule has 0 aromatic carbocycles. The molecular formula is C13H16BrN3. The van der Waals surface area contributed by atoms with Gasteiger partial charge in [-0.25, -0.2) is 4.98 Å². The highest BCUT2D eigenvalue weighted by atomic mass is 79.9. The van der Waals surface area contributed by atoms with Crippen molar-refractivity contribution < 1.29 is 0 Å². The Bertz CT molecular complexity index is 534. The van der Waals surface area contributed by atoms with Crippen LogP contribution in [0.5, 0.6) is 0 Å². The highest BCUT2D eigenvalue weighted by Crippen LogP contribution is 2.20. The molecule has 1 fully saturated rings. The third kappa shape index (κ3) is 2.38. The van der Waals surface area contributed by atoms with E-state index in [0.29, 0.717) is 0 Å². The van der Waals surface area contributed by atoms with Crippen LogP contribution in [-0.4, -0.2) is 34.4 Å². The molecule has 1 atom stereocenters. The molecule has 0 saturated carbocycles. The quantitative estimate of drug-likeness (QED) is 0.848. The first kappa shape index (κ1) is 11.2. The minimum atomic E-state index is 0.772. The molecule has 0 aliphatic carbocycles. The summed E-state index contributed by atoms with van der Waals surface area (Å²) >= 11 is 3.48. The number of nitrogens with zero attached hydrogens (tertiary/aromatic N) is 3. The van der Waals surface area contributed by atoms with E-state index in [1.165, 1.54) is 25.2 Å². The first-order valence-electron chi connectivity index (χ1n) is 6.02. The molecule has 2 aromatic heterocycles. The van der Waals surface area contributed by atoms with E-state index < -0.39 is 0 Å². The summed E-state index contributed by atoms with van der Waals surface area (Å²) in [6, 6.07) is 4.09. The van der Waals surface area contributed by atoms with Gasteiger partial charge in [-0.2, -0.15) is 0 Å². The Morgan fingerprint density at radius 3 is 3.06 bits per heavy atom. The Morgan fingerprint density at radius 2 is 2.29 bits per heavy atom. The number of aromatic nitrogens is 2. The molecule has 3 nitrogen and oxygen atoms in total. The van der Waals surface area contributed by atoms with E-state index in [-0.39, 0.29) is 0 Å². The minimum Gasteiger partial charge on any atom is -0.306 e. The van der Waals surface area contributed by atoms with Crippen molar-refractivity contribution in [3.05, 3.63) is 34.7 Å². The molecule has 17 heavy (non-hydrogen) atoms. The monoisotopic (exact) mass is 293 g/mol. The van der Waals surface area contributed by atoms with Crippen LogP contribution in [0.4, 0.5) is 0 Å². The van der Waals surface area contributed by atoms with Crippen molar-refractivity contribution in [3.63, 3.8) is 0 Å². The zero-order valence-electron chi connectivity index (χ0n) is 9.93. The van der Waals surface area contributed by atoms with Gasteiger partial charge in [-0.15, -0.1) is 0 Å². The highest BCUT2D eigenvalue weighted by molar-refractivity contribution is 9.10. The van der Waals surface area contributed by atoms with Gasteiger partial charge in [0.2, 0.25) is 0 Å². The molecule has 0 spiro atoms. The second-order valence-corrected chi connectivity index (χ2v) is 5.88. The lowest BCUT2D eigenvalue weighted by molar-refractivity contribution is 0.394. The Morgan fingerprint density at radius 1 is 1.41 bits per heavy atom. The Hall–Kier alpha value is -0.870. The van der Waals surface area contributed by atoms with E-state index in [9.17, 15) is 0 Å². The summed E-state index contributed by atoms with van der Waals surface area (Å²) in [7, 11) is 2.20. The molecule has 90 valence electrons. The first-order valence-corrected chi connectivity index (χ1v) is 6.82. The fraction of sp³-hybridized carbons (Fsp3) is 0.462. The molecule has 4 heteroatoms. The highest BCUT2D eigenvalue weighted by Gasteiger charge is 2.20. The van der Waals surface area contributed by atoms with E-state index in [1.54, 1.807) is 0 Å². The number of pyridine rings is 1. The standard InChI is InChI=1S/C13H16BrN3/c1-16-5-4-10(7-16)6-12-9-17-8-11(14)2-3-13(17)15-12/h2-3,8-10H,4-7H2,1H3. The predicted molar refractivity (Wildman–Crippen MR) is 72.2 cm³/mol. The van der Waals surface area contributed by atoms with Crippen molar-refractivity contribution in [1.82, 2.24) is 14.3 Å². The van der Waals surface area contributed by atoms with Gasteiger partial charge in [0.05, 0.1) is 5.69 Å². The number of rotatable bonds is 2. The molecule has 3 heterocycles. The number of imidazole rings is 1. The molecule has 1 saturated heterocycles. The number of likely N-dealkylation sites (tertiary alicyclic amines) is 1. The molecule has 0 bridgehead atoms. The molecule has 1 aliphatic heterocycles. The van der Waals surface area contributed by atoms with Crippen molar-refractivity contribution in [2.24, 2.45) is 5.92 Å². The van der Waals surface area contributed by atoms with Gasteiger partial charge in [0.1, 0.15) is 5.65 Å². The Labute approximate surface area is 110 Å². The topological polar surface area (TPSA) is 20.5 Å². The van der Waals surface area contributed by atoms with E-state index in [0.717, 1.165) is 22.5 Å². The molecule has 0 N–H and O–H groups in total. The summed E-state index contributed by atoms with van der Waals surface area (Å²) in [5.74, 6) is 0.772. The van der Waals surface area contributed by atoms with Crippen molar-refractivity contribution >= 4 is 21.6 Å². The molecule has 3 rings (SSSR count). The average Bonchev–Trinajstić information content (AvgIpc) is 2.84. The molecule has 0 radical (unpaired) electrons. The zero-order valence-corrected chi connectivity index (χ0v) is 11.5. The number of hydrogen-bond acceptors (Lipinski definition) is 2. The van der Waals surface area contributed by atoms with Crippen molar-refractivity contribution in [2.45, 2.75) is 12.8 Å². The summed E-state index contributed by atoms with van der Waals surface area (Å²) in [5.41, 5.74) is 2.25. The van der Waals surface area contributed by atoms with Gasteiger partial charge < -0.3 is 9.30 Å². The van der Waals surface area contributed by atoms with Gasteiger partial charge in [0.25, 0.3) is 0 Å². The van der Waals surface area contributed by atoms with Crippen molar-refractivity contribution in [1.29, 1.82) is 0 Å². The van der Waals surface area contributed by atoms with Crippen LogP contribution in [0.15, 0.2) is 29.0 Å². The lowest BCUT2D eigenvalue weighted by Crippen LogP contribution is -2.15. The van der Waals surface area contributed by atoms with Crippen molar-refractivity contribution in [3.8, 4) is 0 Å².